The molecule has 2 N–H and O–H groups in total. The maximum atomic E-state index is 12.3. The van der Waals surface area contributed by atoms with Gasteiger partial charge in [0.05, 0.1) is 5.54 Å². The van der Waals surface area contributed by atoms with E-state index in [9.17, 15) is 4.79 Å². The van der Waals surface area contributed by atoms with Gasteiger partial charge in [-0.25, -0.2) is 0 Å². The highest BCUT2D eigenvalue weighted by Gasteiger charge is 2.36. The lowest BCUT2D eigenvalue weighted by Crippen LogP contribution is -2.58. The van der Waals surface area contributed by atoms with E-state index in [1.165, 1.54) is 0 Å². The molecule has 1 rings (SSSR count). The zero-order valence-electron chi connectivity index (χ0n) is 10.5. The summed E-state index contributed by atoms with van der Waals surface area (Å²) in [5.41, 5.74) is -0.385. The van der Waals surface area contributed by atoms with Crippen LogP contribution < -0.4 is 5.32 Å². The van der Waals surface area contributed by atoms with Gasteiger partial charge in [0.15, 0.2) is 0 Å². The van der Waals surface area contributed by atoms with Crippen molar-refractivity contribution in [2.45, 2.75) is 45.1 Å². The molecule has 0 radical (unpaired) electrons. The number of hydrogen-bond donors (Lipinski definition) is 2. The SMILES string of the molecule is CCN(CCCO)C(=O)C1(C)CCCCN1. The Hall–Kier alpha value is -0.610. The second kappa shape index (κ2) is 6.21. The van der Waals surface area contributed by atoms with Crippen molar-refractivity contribution in [1.29, 1.82) is 0 Å². The number of amides is 1. The Balaban J connectivity index is 2.58. The van der Waals surface area contributed by atoms with Crippen LogP contribution in [0.25, 0.3) is 0 Å². The number of aliphatic hydroxyl groups excluding tert-OH is 1. The number of carbonyl (C=O) groups is 1. The van der Waals surface area contributed by atoms with Gasteiger partial charge in [0.1, 0.15) is 0 Å². The molecule has 4 nitrogen and oxygen atoms in total. The zero-order valence-corrected chi connectivity index (χ0v) is 10.5. The van der Waals surface area contributed by atoms with Gasteiger partial charge in [-0.15, -0.1) is 0 Å². The Morgan fingerprint density at radius 1 is 1.50 bits per heavy atom. The van der Waals surface area contributed by atoms with Gasteiger partial charge in [-0.2, -0.15) is 0 Å². The Morgan fingerprint density at radius 2 is 2.25 bits per heavy atom. The molecule has 0 bridgehead atoms. The number of nitrogens with one attached hydrogen (secondary N) is 1. The van der Waals surface area contributed by atoms with Crippen molar-refractivity contribution in [3.8, 4) is 0 Å². The fraction of sp³-hybridized carbons (Fsp3) is 0.917. The second-order valence-electron chi connectivity index (χ2n) is 4.68. The summed E-state index contributed by atoms with van der Waals surface area (Å²) in [6.07, 6.45) is 3.86. The summed E-state index contributed by atoms with van der Waals surface area (Å²) in [7, 11) is 0. The van der Waals surface area contributed by atoms with Crippen molar-refractivity contribution < 1.29 is 9.90 Å². The molecule has 1 aliphatic heterocycles. The maximum absolute atomic E-state index is 12.3. The molecule has 16 heavy (non-hydrogen) atoms. The van der Waals surface area contributed by atoms with Gasteiger partial charge in [-0.3, -0.25) is 4.79 Å². The minimum Gasteiger partial charge on any atom is -0.396 e. The molecule has 1 unspecified atom stereocenters. The third kappa shape index (κ3) is 3.19. The third-order valence-electron chi connectivity index (χ3n) is 3.35. The van der Waals surface area contributed by atoms with Gasteiger partial charge in [-0.1, -0.05) is 0 Å². The first-order chi connectivity index (χ1) is 7.64. The Morgan fingerprint density at radius 3 is 2.75 bits per heavy atom. The molecule has 1 atom stereocenters. The molecular formula is C12H24N2O2. The predicted octanol–water partition coefficient (Wildman–Crippen LogP) is 0.749. The zero-order chi connectivity index (χ0) is 12.0. The highest BCUT2D eigenvalue weighted by Crippen LogP contribution is 2.21. The average molecular weight is 228 g/mol. The van der Waals surface area contributed by atoms with Gasteiger partial charge in [0.2, 0.25) is 5.91 Å². The van der Waals surface area contributed by atoms with E-state index in [0.29, 0.717) is 13.0 Å². The molecule has 0 aliphatic carbocycles. The molecule has 4 heteroatoms. The number of rotatable bonds is 5. The standard InChI is InChI=1S/C12H24N2O2/c1-3-14(9-6-10-15)11(16)12(2)7-4-5-8-13-12/h13,15H,3-10H2,1-2H3. The lowest BCUT2D eigenvalue weighted by Gasteiger charge is -2.37. The Bertz CT molecular complexity index is 225. The van der Waals surface area contributed by atoms with Crippen molar-refractivity contribution in [3.63, 3.8) is 0 Å². The minimum atomic E-state index is -0.385. The normalized spacial score (nSPS) is 25.4. The Labute approximate surface area is 98.0 Å². The van der Waals surface area contributed by atoms with Crippen LogP contribution in [0.4, 0.5) is 0 Å². The minimum absolute atomic E-state index is 0.147. The van der Waals surface area contributed by atoms with E-state index in [1.807, 2.05) is 18.7 Å². The quantitative estimate of drug-likeness (QED) is 0.730. The van der Waals surface area contributed by atoms with E-state index in [-0.39, 0.29) is 18.1 Å². The van der Waals surface area contributed by atoms with Crippen molar-refractivity contribution in [3.05, 3.63) is 0 Å². The lowest BCUT2D eigenvalue weighted by atomic mass is 9.89. The summed E-state index contributed by atoms with van der Waals surface area (Å²) in [5.74, 6) is 0.183. The predicted molar refractivity (Wildman–Crippen MR) is 64.2 cm³/mol. The molecular weight excluding hydrogens is 204 g/mol. The third-order valence-corrected chi connectivity index (χ3v) is 3.35. The highest BCUT2D eigenvalue weighted by molar-refractivity contribution is 5.86. The molecule has 1 aliphatic rings. The summed E-state index contributed by atoms with van der Waals surface area (Å²) in [6, 6.07) is 0. The first kappa shape index (κ1) is 13.5. The van der Waals surface area contributed by atoms with E-state index in [2.05, 4.69) is 5.32 Å². The number of piperidine rings is 1. The second-order valence-corrected chi connectivity index (χ2v) is 4.68. The van der Waals surface area contributed by atoms with Gasteiger partial charge in [0, 0.05) is 19.7 Å². The Kier molecular flexibility index (Phi) is 5.22. The molecule has 94 valence electrons. The molecule has 0 aromatic rings. The van der Waals surface area contributed by atoms with Crippen molar-refractivity contribution in [2.75, 3.05) is 26.2 Å². The summed E-state index contributed by atoms with van der Waals surface area (Å²) < 4.78 is 0. The summed E-state index contributed by atoms with van der Waals surface area (Å²) in [5, 5.41) is 12.1. The van der Waals surface area contributed by atoms with Crippen LogP contribution in [-0.2, 0) is 4.79 Å². The van der Waals surface area contributed by atoms with E-state index >= 15 is 0 Å². The molecule has 0 saturated carbocycles. The van der Waals surface area contributed by atoms with E-state index in [4.69, 9.17) is 5.11 Å². The van der Waals surface area contributed by atoms with Crippen LogP contribution in [-0.4, -0.2) is 47.7 Å². The average Bonchev–Trinajstić information content (AvgIpc) is 2.31. The van der Waals surface area contributed by atoms with Crippen LogP contribution in [0.3, 0.4) is 0 Å². The maximum Gasteiger partial charge on any atom is 0.242 e. The van der Waals surface area contributed by atoms with Gasteiger partial charge < -0.3 is 15.3 Å². The number of aliphatic hydroxyl groups is 1. The van der Waals surface area contributed by atoms with Crippen LogP contribution >= 0.6 is 0 Å². The smallest absolute Gasteiger partial charge is 0.242 e. The van der Waals surface area contributed by atoms with Gasteiger partial charge in [-0.05, 0) is 46.1 Å². The van der Waals surface area contributed by atoms with E-state index in [1.54, 1.807) is 0 Å². The van der Waals surface area contributed by atoms with Crippen LogP contribution in [0.5, 0.6) is 0 Å². The largest absolute Gasteiger partial charge is 0.396 e. The number of hydrogen-bond acceptors (Lipinski definition) is 3. The summed E-state index contributed by atoms with van der Waals surface area (Å²) >= 11 is 0. The first-order valence-electron chi connectivity index (χ1n) is 6.29. The van der Waals surface area contributed by atoms with Crippen molar-refractivity contribution in [1.82, 2.24) is 10.2 Å². The fourth-order valence-corrected chi connectivity index (χ4v) is 2.25. The fourth-order valence-electron chi connectivity index (χ4n) is 2.25. The van der Waals surface area contributed by atoms with Gasteiger partial charge >= 0.3 is 0 Å². The van der Waals surface area contributed by atoms with Crippen LogP contribution in [0.2, 0.25) is 0 Å². The number of carbonyl (C=O) groups excluding carboxylic acids is 1. The topological polar surface area (TPSA) is 52.6 Å². The molecule has 0 aromatic carbocycles. The van der Waals surface area contributed by atoms with E-state index < -0.39 is 0 Å². The van der Waals surface area contributed by atoms with Crippen LogP contribution in [0.1, 0.15) is 39.5 Å². The number of likely N-dealkylation sites (N-methyl/N-ethyl adjacent to an activating group) is 1. The van der Waals surface area contributed by atoms with E-state index in [0.717, 1.165) is 32.4 Å². The van der Waals surface area contributed by atoms with Gasteiger partial charge in [0.25, 0.3) is 0 Å². The lowest BCUT2D eigenvalue weighted by molar-refractivity contribution is -0.138. The molecule has 1 heterocycles. The van der Waals surface area contributed by atoms with Crippen molar-refractivity contribution >= 4 is 5.91 Å². The molecule has 0 aromatic heterocycles. The van der Waals surface area contributed by atoms with Crippen molar-refractivity contribution in [2.24, 2.45) is 0 Å². The molecule has 1 amide bonds. The number of nitrogens with zero attached hydrogens (tertiary/aromatic N) is 1. The van der Waals surface area contributed by atoms with Crippen LogP contribution in [0, 0.1) is 0 Å². The highest BCUT2D eigenvalue weighted by atomic mass is 16.3. The monoisotopic (exact) mass is 228 g/mol. The molecule has 0 spiro atoms. The molecule has 1 saturated heterocycles. The molecule has 1 fully saturated rings. The van der Waals surface area contributed by atoms with Crippen LogP contribution in [0.15, 0.2) is 0 Å². The summed E-state index contributed by atoms with van der Waals surface area (Å²) in [4.78, 5) is 14.2. The first-order valence-corrected chi connectivity index (χ1v) is 6.29. The summed E-state index contributed by atoms with van der Waals surface area (Å²) in [6.45, 7) is 6.44.